The highest BCUT2D eigenvalue weighted by Gasteiger charge is 2.38. The summed E-state index contributed by atoms with van der Waals surface area (Å²) in [6.07, 6.45) is 10.5. The molecular weight excluding hydrogens is 422 g/mol. The Morgan fingerprint density at radius 3 is 2.28 bits per heavy atom. The Morgan fingerprint density at radius 1 is 0.938 bits per heavy atom. The van der Waals surface area contributed by atoms with Crippen molar-refractivity contribution >= 4 is 21.8 Å². The maximum absolute atomic E-state index is 13.4. The van der Waals surface area contributed by atoms with Crippen LogP contribution >= 0.6 is 0 Å². The van der Waals surface area contributed by atoms with Crippen molar-refractivity contribution in [3.8, 4) is 0 Å². The van der Waals surface area contributed by atoms with Crippen LogP contribution in [0.3, 0.4) is 0 Å². The summed E-state index contributed by atoms with van der Waals surface area (Å²) in [5, 5.41) is 0. The van der Waals surface area contributed by atoms with E-state index in [1.54, 1.807) is 0 Å². The second-order valence-corrected chi connectivity index (χ2v) is 11.8. The lowest BCUT2D eigenvalue weighted by Gasteiger charge is -2.40. The second kappa shape index (κ2) is 10.9. The molecule has 0 N–H and O–H groups in total. The van der Waals surface area contributed by atoms with E-state index < -0.39 is 9.84 Å². The summed E-state index contributed by atoms with van der Waals surface area (Å²) in [7, 11) is -3.00. The number of carbonyl (C=O) groups is 1. The van der Waals surface area contributed by atoms with E-state index in [4.69, 9.17) is 0 Å². The van der Waals surface area contributed by atoms with Crippen molar-refractivity contribution in [2.75, 3.05) is 50.8 Å². The van der Waals surface area contributed by atoms with Crippen LogP contribution in [-0.2, 0) is 14.6 Å². The SMILES string of the molecule is O=C(CN1CCN(C/C=C/c2ccccc2)CC1)N(C1CCCCC1)[C@H]1CCS(=O)(=O)C1. The van der Waals surface area contributed by atoms with Gasteiger partial charge in [-0.15, -0.1) is 0 Å². The molecule has 4 rings (SSSR count). The summed E-state index contributed by atoms with van der Waals surface area (Å²) >= 11 is 0. The van der Waals surface area contributed by atoms with E-state index in [0.717, 1.165) is 58.4 Å². The molecule has 0 aromatic heterocycles. The molecule has 3 aliphatic rings. The number of hydrogen-bond donors (Lipinski definition) is 0. The standard InChI is InChI=1S/C25H37N3O3S/c29-25(28(23-11-5-2-6-12-23)24-13-19-32(30,31)21-24)20-27-17-15-26(16-18-27)14-7-10-22-8-3-1-4-9-22/h1,3-4,7-10,23-24H,2,5-6,11-21H2/b10-7+/t24-/m0/s1. The summed E-state index contributed by atoms with van der Waals surface area (Å²) in [6.45, 7) is 5.01. The van der Waals surface area contributed by atoms with Crippen LogP contribution in [0.2, 0.25) is 0 Å². The number of hydrogen-bond acceptors (Lipinski definition) is 5. The molecule has 1 aliphatic carbocycles. The van der Waals surface area contributed by atoms with Gasteiger partial charge < -0.3 is 4.90 Å². The number of piperazine rings is 1. The van der Waals surface area contributed by atoms with Crippen LogP contribution in [0.5, 0.6) is 0 Å². The molecule has 7 heteroatoms. The van der Waals surface area contributed by atoms with E-state index in [9.17, 15) is 13.2 Å². The van der Waals surface area contributed by atoms with Crippen molar-refractivity contribution in [3.63, 3.8) is 0 Å². The van der Waals surface area contributed by atoms with Gasteiger partial charge in [-0.05, 0) is 24.8 Å². The minimum absolute atomic E-state index is 0.125. The third kappa shape index (κ3) is 6.42. The van der Waals surface area contributed by atoms with Gasteiger partial charge in [0, 0.05) is 44.8 Å². The third-order valence-electron chi connectivity index (χ3n) is 7.16. The summed E-state index contributed by atoms with van der Waals surface area (Å²) in [5.41, 5.74) is 1.22. The zero-order valence-electron chi connectivity index (χ0n) is 19.1. The molecule has 2 heterocycles. The molecule has 176 valence electrons. The number of rotatable bonds is 7. The molecule has 1 atom stereocenters. The Bertz CT molecular complexity index is 873. The molecule has 6 nitrogen and oxygen atoms in total. The lowest BCUT2D eigenvalue weighted by molar-refractivity contribution is -0.138. The topological polar surface area (TPSA) is 60.9 Å². The van der Waals surface area contributed by atoms with Crippen LogP contribution < -0.4 is 0 Å². The Kier molecular flexibility index (Phi) is 8.02. The van der Waals surface area contributed by atoms with Crippen LogP contribution in [0, 0.1) is 0 Å². The fourth-order valence-corrected chi connectivity index (χ4v) is 7.08. The molecular formula is C25H37N3O3S. The molecule has 0 bridgehead atoms. The molecule has 3 fully saturated rings. The number of benzene rings is 1. The summed E-state index contributed by atoms with van der Waals surface area (Å²) in [6, 6.07) is 10.4. The van der Waals surface area contributed by atoms with Gasteiger partial charge in [-0.1, -0.05) is 61.7 Å². The normalized spacial score (nSPS) is 25.3. The van der Waals surface area contributed by atoms with Crippen LogP contribution in [0.25, 0.3) is 6.08 Å². The number of amides is 1. The molecule has 1 aromatic carbocycles. The first-order valence-electron chi connectivity index (χ1n) is 12.2. The average Bonchev–Trinajstić information content (AvgIpc) is 3.15. The second-order valence-electron chi connectivity index (χ2n) is 9.54. The summed E-state index contributed by atoms with van der Waals surface area (Å²) in [5.74, 6) is 0.511. The van der Waals surface area contributed by atoms with E-state index in [0.29, 0.717) is 13.0 Å². The van der Waals surface area contributed by atoms with Gasteiger partial charge in [0.25, 0.3) is 0 Å². The van der Waals surface area contributed by atoms with Gasteiger partial charge in [0.15, 0.2) is 9.84 Å². The highest BCUT2D eigenvalue weighted by molar-refractivity contribution is 7.91. The maximum atomic E-state index is 13.4. The number of sulfone groups is 1. The van der Waals surface area contributed by atoms with Gasteiger partial charge in [0.05, 0.1) is 18.1 Å². The predicted octanol–water partition coefficient (Wildman–Crippen LogP) is 2.67. The summed E-state index contributed by atoms with van der Waals surface area (Å²) < 4.78 is 24.2. The first kappa shape index (κ1) is 23.5. The minimum Gasteiger partial charge on any atom is -0.335 e. The van der Waals surface area contributed by atoms with E-state index in [1.165, 1.54) is 12.0 Å². The molecule has 1 aromatic rings. The van der Waals surface area contributed by atoms with E-state index in [2.05, 4.69) is 34.1 Å². The molecule has 0 spiro atoms. The molecule has 32 heavy (non-hydrogen) atoms. The van der Waals surface area contributed by atoms with Gasteiger partial charge >= 0.3 is 0 Å². The van der Waals surface area contributed by atoms with Crippen LogP contribution in [0.15, 0.2) is 36.4 Å². The molecule has 0 radical (unpaired) electrons. The molecule has 0 unspecified atom stereocenters. The fourth-order valence-electron chi connectivity index (χ4n) is 5.36. The smallest absolute Gasteiger partial charge is 0.237 e. The zero-order chi connectivity index (χ0) is 22.4. The molecule has 1 amide bonds. The number of nitrogens with zero attached hydrogens (tertiary/aromatic N) is 3. The lowest BCUT2D eigenvalue weighted by Crippen LogP contribution is -2.54. The first-order valence-corrected chi connectivity index (χ1v) is 14.0. The Labute approximate surface area is 193 Å². The van der Waals surface area contributed by atoms with Gasteiger partial charge in [-0.25, -0.2) is 8.42 Å². The molecule has 1 saturated carbocycles. The Balaban J connectivity index is 1.28. The highest BCUT2D eigenvalue weighted by atomic mass is 32.2. The quantitative estimate of drug-likeness (QED) is 0.627. The van der Waals surface area contributed by atoms with Gasteiger partial charge in [0.1, 0.15) is 0 Å². The van der Waals surface area contributed by atoms with E-state index >= 15 is 0 Å². The van der Waals surface area contributed by atoms with Crippen molar-refractivity contribution in [3.05, 3.63) is 42.0 Å². The Hall–Kier alpha value is -1.70. The van der Waals surface area contributed by atoms with E-state index in [-0.39, 0.29) is 29.5 Å². The van der Waals surface area contributed by atoms with Crippen LogP contribution in [0.4, 0.5) is 0 Å². The van der Waals surface area contributed by atoms with Crippen LogP contribution in [0.1, 0.15) is 44.1 Å². The van der Waals surface area contributed by atoms with Crippen LogP contribution in [-0.4, -0.2) is 91.9 Å². The third-order valence-corrected chi connectivity index (χ3v) is 8.91. The lowest BCUT2D eigenvalue weighted by atomic mass is 9.92. The highest BCUT2D eigenvalue weighted by Crippen LogP contribution is 2.28. The van der Waals surface area contributed by atoms with Crippen molar-refractivity contribution in [2.45, 2.75) is 50.6 Å². The molecule has 2 aliphatic heterocycles. The average molecular weight is 460 g/mol. The minimum atomic E-state index is -3.00. The number of carbonyl (C=O) groups excluding carboxylic acids is 1. The maximum Gasteiger partial charge on any atom is 0.237 e. The Morgan fingerprint density at radius 2 is 1.62 bits per heavy atom. The van der Waals surface area contributed by atoms with Crippen molar-refractivity contribution in [1.29, 1.82) is 0 Å². The predicted molar refractivity (Wildman–Crippen MR) is 129 cm³/mol. The van der Waals surface area contributed by atoms with Crippen molar-refractivity contribution < 1.29 is 13.2 Å². The fraction of sp³-hybridized carbons (Fsp3) is 0.640. The van der Waals surface area contributed by atoms with Crippen molar-refractivity contribution in [1.82, 2.24) is 14.7 Å². The molecule has 2 saturated heterocycles. The van der Waals surface area contributed by atoms with Gasteiger partial charge in [-0.3, -0.25) is 14.6 Å². The van der Waals surface area contributed by atoms with Gasteiger partial charge in [0.2, 0.25) is 5.91 Å². The van der Waals surface area contributed by atoms with Crippen molar-refractivity contribution in [2.24, 2.45) is 0 Å². The van der Waals surface area contributed by atoms with E-state index in [1.807, 2.05) is 23.1 Å². The first-order chi connectivity index (χ1) is 15.5. The largest absolute Gasteiger partial charge is 0.335 e. The van der Waals surface area contributed by atoms with Gasteiger partial charge in [-0.2, -0.15) is 0 Å². The zero-order valence-corrected chi connectivity index (χ0v) is 19.9. The summed E-state index contributed by atoms with van der Waals surface area (Å²) in [4.78, 5) is 20.1. The monoisotopic (exact) mass is 459 g/mol.